The van der Waals surface area contributed by atoms with Crippen molar-refractivity contribution in [3.63, 3.8) is 0 Å². The number of rotatable bonds is 2. The van der Waals surface area contributed by atoms with Gasteiger partial charge in [-0.1, -0.05) is 13.8 Å². The molecule has 4 N–H and O–H groups in total. The number of primary sulfonamides is 1. The average Bonchev–Trinajstić information content (AvgIpc) is 2.49. The van der Waals surface area contributed by atoms with Crippen molar-refractivity contribution >= 4 is 21.4 Å². The maximum Gasteiger partial charge on any atom is 0.238 e. The van der Waals surface area contributed by atoms with Gasteiger partial charge in [0.1, 0.15) is 0 Å². The first-order chi connectivity index (χ1) is 9.19. The number of nitrogens with two attached hydrogens (primary N) is 2. The van der Waals surface area contributed by atoms with Crippen molar-refractivity contribution in [1.82, 2.24) is 0 Å². The normalized spacial score (nSPS) is 19.6. The SMILES string of the molecule is CC1(C)CCCN(c2cc(S(N)(=O)=O)ccc2N)CC1. The molecule has 1 fully saturated rings. The van der Waals surface area contributed by atoms with Crippen LogP contribution < -0.4 is 15.8 Å². The van der Waals surface area contributed by atoms with E-state index in [9.17, 15) is 8.42 Å². The Morgan fingerprint density at radius 1 is 1.20 bits per heavy atom. The third-order valence-corrected chi connectivity index (χ3v) is 4.92. The van der Waals surface area contributed by atoms with Gasteiger partial charge in [0, 0.05) is 13.1 Å². The molecule has 1 aromatic carbocycles. The van der Waals surface area contributed by atoms with Crippen LogP contribution in [0.5, 0.6) is 0 Å². The van der Waals surface area contributed by atoms with E-state index >= 15 is 0 Å². The summed E-state index contributed by atoms with van der Waals surface area (Å²) in [4.78, 5) is 2.28. The number of hydrogen-bond acceptors (Lipinski definition) is 4. The summed E-state index contributed by atoms with van der Waals surface area (Å²) in [5, 5.41) is 5.19. The molecule has 0 saturated carbocycles. The molecular formula is C14H23N3O2S. The maximum absolute atomic E-state index is 11.5. The summed E-state index contributed by atoms with van der Waals surface area (Å²) in [7, 11) is -3.69. The molecule has 5 nitrogen and oxygen atoms in total. The van der Waals surface area contributed by atoms with Crippen LogP contribution in [0.4, 0.5) is 11.4 Å². The molecule has 0 bridgehead atoms. The predicted molar refractivity (Wildman–Crippen MR) is 82.1 cm³/mol. The van der Waals surface area contributed by atoms with Crippen LogP contribution in [0.25, 0.3) is 0 Å². The van der Waals surface area contributed by atoms with Gasteiger partial charge in [0.05, 0.1) is 16.3 Å². The monoisotopic (exact) mass is 297 g/mol. The fourth-order valence-corrected chi connectivity index (χ4v) is 3.17. The van der Waals surface area contributed by atoms with Crippen molar-refractivity contribution in [3.05, 3.63) is 18.2 Å². The molecule has 20 heavy (non-hydrogen) atoms. The van der Waals surface area contributed by atoms with E-state index in [1.165, 1.54) is 6.07 Å². The molecule has 1 aliphatic rings. The van der Waals surface area contributed by atoms with Crippen LogP contribution in [0.2, 0.25) is 0 Å². The van der Waals surface area contributed by atoms with Crippen LogP contribution in [0, 0.1) is 5.41 Å². The lowest BCUT2D eigenvalue weighted by atomic mass is 9.85. The molecule has 1 aliphatic heterocycles. The van der Waals surface area contributed by atoms with Crippen LogP contribution in [0.3, 0.4) is 0 Å². The van der Waals surface area contributed by atoms with Gasteiger partial charge < -0.3 is 10.6 Å². The van der Waals surface area contributed by atoms with Crippen molar-refractivity contribution in [3.8, 4) is 0 Å². The van der Waals surface area contributed by atoms with Gasteiger partial charge in [0.2, 0.25) is 10.0 Å². The Morgan fingerprint density at radius 3 is 2.55 bits per heavy atom. The molecule has 1 aromatic rings. The third-order valence-electron chi connectivity index (χ3n) is 4.01. The van der Waals surface area contributed by atoms with Gasteiger partial charge >= 0.3 is 0 Å². The van der Waals surface area contributed by atoms with Gasteiger partial charge in [0.25, 0.3) is 0 Å². The predicted octanol–water partition coefficient (Wildman–Crippen LogP) is 1.93. The molecule has 6 heteroatoms. The van der Waals surface area contributed by atoms with E-state index in [1.54, 1.807) is 12.1 Å². The van der Waals surface area contributed by atoms with Gasteiger partial charge in [-0.25, -0.2) is 13.6 Å². The smallest absolute Gasteiger partial charge is 0.238 e. The van der Waals surface area contributed by atoms with E-state index in [-0.39, 0.29) is 4.90 Å². The second-order valence-corrected chi connectivity index (χ2v) is 7.83. The summed E-state index contributed by atoms with van der Waals surface area (Å²) in [6, 6.07) is 4.66. The second-order valence-electron chi connectivity index (χ2n) is 6.27. The largest absolute Gasteiger partial charge is 0.397 e. The lowest BCUT2D eigenvalue weighted by Gasteiger charge is -2.26. The Balaban J connectivity index is 2.32. The summed E-state index contributed by atoms with van der Waals surface area (Å²) >= 11 is 0. The highest BCUT2D eigenvalue weighted by molar-refractivity contribution is 7.89. The van der Waals surface area contributed by atoms with E-state index in [1.807, 2.05) is 0 Å². The number of anilines is 2. The van der Waals surface area contributed by atoms with Crippen LogP contribution in [-0.2, 0) is 10.0 Å². The molecule has 0 unspecified atom stereocenters. The van der Waals surface area contributed by atoms with Gasteiger partial charge in [-0.3, -0.25) is 0 Å². The lowest BCUT2D eigenvalue weighted by molar-refractivity contribution is 0.325. The Bertz CT molecular complexity index is 596. The van der Waals surface area contributed by atoms with Crippen LogP contribution >= 0.6 is 0 Å². The molecule has 1 saturated heterocycles. The molecule has 0 aliphatic carbocycles. The fraction of sp³-hybridized carbons (Fsp3) is 0.571. The Kier molecular flexibility index (Phi) is 3.97. The highest BCUT2D eigenvalue weighted by Gasteiger charge is 2.24. The molecular weight excluding hydrogens is 274 g/mol. The molecule has 0 radical (unpaired) electrons. The van der Waals surface area contributed by atoms with Crippen molar-refractivity contribution in [2.45, 2.75) is 38.0 Å². The molecule has 0 aromatic heterocycles. The minimum Gasteiger partial charge on any atom is -0.397 e. The van der Waals surface area contributed by atoms with Crippen molar-refractivity contribution in [1.29, 1.82) is 0 Å². The van der Waals surface area contributed by atoms with Gasteiger partial charge in [-0.15, -0.1) is 0 Å². The summed E-state index contributed by atoms with van der Waals surface area (Å²) in [5.74, 6) is 0. The van der Waals surface area contributed by atoms with Gasteiger partial charge in [-0.2, -0.15) is 0 Å². The van der Waals surface area contributed by atoms with E-state index in [0.29, 0.717) is 11.1 Å². The molecule has 1 heterocycles. The number of hydrogen-bond donors (Lipinski definition) is 2. The standard InChI is InChI=1S/C14H23N3O2S/c1-14(2)6-3-8-17(9-7-14)13-10-11(20(16,18)19)4-5-12(13)15/h4-5,10H,3,6-9,15H2,1-2H3,(H2,16,18,19). The first-order valence-electron chi connectivity index (χ1n) is 6.86. The minimum atomic E-state index is -3.69. The van der Waals surface area contributed by atoms with Gasteiger partial charge in [0.15, 0.2) is 0 Å². The zero-order valence-corrected chi connectivity index (χ0v) is 12.9. The average molecular weight is 297 g/mol. The minimum absolute atomic E-state index is 0.116. The quantitative estimate of drug-likeness (QED) is 0.816. The fourth-order valence-electron chi connectivity index (χ4n) is 2.64. The third kappa shape index (κ3) is 3.43. The zero-order valence-electron chi connectivity index (χ0n) is 12.1. The van der Waals surface area contributed by atoms with Crippen molar-refractivity contribution in [2.24, 2.45) is 10.6 Å². The molecule has 112 valence electrons. The molecule has 2 rings (SSSR count). The number of sulfonamides is 1. The van der Waals surface area contributed by atoms with Crippen LogP contribution in [0.1, 0.15) is 33.1 Å². The Morgan fingerprint density at radius 2 is 1.90 bits per heavy atom. The van der Waals surface area contributed by atoms with Crippen LogP contribution in [0.15, 0.2) is 23.1 Å². The molecule has 0 atom stereocenters. The van der Waals surface area contributed by atoms with E-state index in [4.69, 9.17) is 10.9 Å². The number of benzene rings is 1. The van der Waals surface area contributed by atoms with E-state index in [2.05, 4.69) is 18.7 Å². The molecule has 0 spiro atoms. The number of nitrogens with zero attached hydrogens (tertiary/aromatic N) is 1. The number of nitrogen functional groups attached to an aromatic ring is 1. The van der Waals surface area contributed by atoms with E-state index < -0.39 is 10.0 Å². The maximum atomic E-state index is 11.5. The Labute approximate surface area is 121 Å². The van der Waals surface area contributed by atoms with Gasteiger partial charge in [-0.05, 0) is 42.9 Å². The highest BCUT2D eigenvalue weighted by Crippen LogP contribution is 2.34. The lowest BCUT2D eigenvalue weighted by Crippen LogP contribution is -2.26. The second kappa shape index (κ2) is 5.26. The Hall–Kier alpha value is -1.27. The summed E-state index contributed by atoms with van der Waals surface area (Å²) < 4.78 is 22.9. The highest BCUT2D eigenvalue weighted by atomic mass is 32.2. The first-order valence-corrected chi connectivity index (χ1v) is 8.41. The van der Waals surface area contributed by atoms with Crippen molar-refractivity contribution < 1.29 is 8.42 Å². The van der Waals surface area contributed by atoms with Crippen LogP contribution in [-0.4, -0.2) is 21.5 Å². The van der Waals surface area contributed by atoms with E-state index in [0.717, 1.165) is 38.0 Å². The topological polar surface area (TPSA) is 89.4 Å². The van der Waals surface area contributed by atoms with Crippen molar-refractivity contribution in [2.75, 3.05) is 23.7 Å². The summed E-state index contributed by atoms with van der Waals surface area (Å²) in [6.07, 6.45) is 3.30. The first kappa shape index (κ1) is 15.1. The summed E-state index contributed by atoms with van der Waals surface area (Å²) in [5.41, 5.74) is 7.69. The molecule has 0 amide bonds. The zero-order chi connectivity index (χ0) is 15.0. The summed E-state index contributed by atoms with van der Waals surface area (Å²) in [6.45, 7) is 6.30.